The Morgan fingerprint density at radius 3 is 2.43 bits per heavy atom. The number of hydrogen-bond acceptors (Lipinski definition) is 4. The first-order chi connectivity index (χ1) is 11.0. The summed E-state index contributed by atoms with van der Waals surface area (Å²) in [6.07, 6.45) is 1.66. The van der Waals surface area contributed by atoms with Gasteiger partial charge in [-0.3, -0.25) is 9.00 Å². The molecule has 1 amide bonds. The monoisotopic (exact) mass is 332 g/mol. The van der Waals surface area contributed by atoms with Crippen LogP contribution in [0.5, 0.6) is 0 Å². The molecule has 2 aromatic rings. The third kappa shape index (κ3) is 4.91. The van der Waals surface area contributed by atoms with Crippen molar-refractivity contribution < 1.29 is 14.1 Å². The van der Waals surface area contributed by atoms with Crippen LogP contribution in [0.25, 0.3) is 0 Å². The second kappa shape index (κ2) is 7.89. The van der Waals surface area contributed by atoms with Gasteiger partial charge < -0.3 is 15.7 Å². The molecule has 0 aliphatic carbocycles. The summed E-state index contributed by atoms with van der Waals surface area (Å²) in [4.78, 5) is 12.0. The molecule has 3 N–H and O–H groups in total. The summed E-state index contributed by atoms with van der Waals surface area (Å²) >= 11 is 0. The summed E-state index contributed by atoms with van der Waals surface area (Å²) < 4.78 is 11.4. The molecule has 0 aliphatic rings. The topological polar surface area (TPSA) is 78.4 Å². The lowest BCUT2D eigenvalue weighted by molar-refractivity contribution is -0.118. The Labute approximate surface area is 138 Å². The molecule has 2 atom stereocenters. The Hall–Kier alpha value is -2.18. The van der Waals surface area contributed by atoms with E-state index >= 15 is 0 Å². The molecule has 0 aromatic heterocycles. The van der Waals surface area contributed by atoms with Crippen LogP contribution in [0.1, 0.15) is 18.5 Å². The number of carbonyl (C=O) groups excluding carboxylic acids is 1. The van der Waals surface area contributed by atoms with Crippen LogP contribution in [0.15, 0.2) is 53.4 Å². The zero-order chi connectivity index (χ0) is 16.8. The van der Waals surface area contributed by atoms with Crippen LogP contribution >= 0.6 is 0 Å². The summed E-state index contributed by atoms with van der Waals surface area (Å²) in [5, 5.41) is 14.7. The number of hydrogen-bond donors (Lipinski definition) is 3. The second-order valence-electron chi connectivity index (χ2n) is 5.18. The van der Waals surface area contributed by atoms with Crippen LogP contribution in [0.3, 0.4) is 0 Å². The van der Waals surface area contributed by atoms with Crippen molar-refractivity contribution in [1.29, 1.82) is 0 Å². The van der Waals surface area contributed by atoms with E-state index in [4.69, 9.17) is 5.11 Å². The highest BCUT2D eigenvalue weighted by molar-refractivity contribution is 7.84. The predicted octanol–water partition coefficient (Wildman–Crippen LogP) is 2.53. The maximum Gasteiger partial charge on any atom is 0.250 e. The van der Waals surface area contributed by atoms with Crippen LogP contribution < -0.4 is 10.6 Å². The average Bonchev–Trinajstić information content (AvgIpc) is 2.55. The zero-order valence-corrected chi connectivity index (χ0v) is 13.9. The highest BCUT2D eigenvalue weighted by atomic mass is 32.2. The predicted molar refractivity (Wildman–Crippen MR) is 93.0 cm³/mol. The van der Waals surface area contributed by atoms with Crippen molar-refractivity contribution in [1.82, 2.24) is 0 Å². The first-order valence-corrected chi connectivity index (χ1v) is 8.76. The number of nitrogens with one attached hydrogen (secondary N) is 2. The molecule has 0 heterocycles. The third-order valence-electron chi connectivity index (χ3n) is 3.39. The molecule has 0 radical (unpaired) electrons. The molecule has 23 heavy (non-hydrogen) atoms. The Morgan fingerprint density at radius 2 is 1.83 bits per heavy atom. The van der Waals surface area contributed by atoms with Crippen molar-refractivity contribution in [2.75, 3.05) is 23.5 Å². The average molecular weight is 332 g/mol. The van der Waals surface area contributed by atoms with E-state index < -0.39 is 23.3 Å². The minimum atomic E-state index is -0.979. The fourth-order valence-corrected chi connectivity index (χ4v) is 2.69. The molecular formula is C17H20N2O3S. The number of benzene rings is 2. The lowest BCUT2D eigenvalue weighted by Gasteiger charge is -2.17. The van der Waals surface area contributed by atoms with E-state index in [1.54, 1.807) is 18.4 Å². The number of aliphatic hydroxyl groups excluding tert-OH is 1. The quantitative estimate of drug-likeness (QED) is 0.759. The van der Waals surface area contributed by atoms with Crippen LogP contribution in [0.4, 0.5) is 11.4 Å². The van der Waals surface area contributed by atoms with E-state index in [9.17, 15) is 9.00 Å². The number of aliphatic hydroxyl groups is 1. The fourth-order valence-electron chi connectivity index (χ4n) is 2.17. The Kier molecular flexibility index (Phi) is 5.90. The molecule has 0 unspecified atom stereocenters. The fraction of sp³-hybridized carbons (Fsp3) is 0.235. The van der Waals surface area contributed by atoms with Gasteiger partial charge in [-0.25, -0.2) is 0 Å². The lowest BCUT2D eigenvalue weighted by atomic mass is 10.1. The van der Waals surface area contributed by atoms with Gasteiger partial charge in [0, 0.05) is 39.4 Å². The summed E-state index contributed by atoms with van der Waals surface area (Å²) in [6.45, 7) is 1.48. The van der Waals surface area contributed by atoms with Crippen LogP contribution in [0, 0.1) is 0 Å². The third-order valence-corrected chi connectivity index (χ3v) is 4.32. The van der Waals surface area contributed by atoms with Gasteiger partial charge >= 0.3 is 0 Å². The highest BCUT2D eigenvalue weighted by Gasteiger charge is 2.07. The minimum absolute atomic E-state index is 0.0538. The Bertz CT molecular complexity index is 701. The number of amides is 1. The lowest BCUT2D eigenvalue weighted by Crippen LogP contribution is -2.15. The van der Waals surface area contributed by atoms with Gasteiger partial charge in [-0.2, -0.15) is 0 Å². The van der Waals surface area contributed by atoms with Crippen molar-refractivity contribution in [2.45, 2.75) is 17.9 Å². The first kappa shape index (κ1) is 17.2. The summed E-state index contributed by atoms with van der Waals surface area (Å²) in [6, 6.07) is 15.0. The molecule has 0 fully saturated rings. The number of anilines is 2. The molecule has 122 valence electrons. The Morgan fingerprint density at radius 1 is 1.17 bits per heavy atom. The summed E-state index contributed by atoms with van der Waals surface area (Å²) in [7, 11) is -0.979. The van der Waals surface area contributed by atoms with Crippen molar-refractivity contribution >= 4 is 28.1 Å². The molecular weight excluding hydrogens is 312 g/mol. The van der Waals surface area contributed by atoms with Crippen molar-refractivity contribution in [3.8, 4) is 0 Å². The summed E-state index contributed by atoms with van der Waals surface area (Å²) in [5.74, 6) is -0.446. The van der Waals surface area contributed by atoms with Gasteiger partial charge in [0.1, 0.15) is 6.61 Å². The van der Waals surface area contributed by atoms with Gasteiger partial charge in [0.25, 0.3) is 0 Å². The molecule has 0 aliphatic heterocycles. The largest absolute Gasteiger partial charge is 0.387 e. The zero-order valence-electron chi connectivity index (χ0n) is 13.1. The summed E-state index contributed by atoms with van der Waals surface area (Å²) in [5.41, 5.74) is 2.55. The van der Waals surface area contributed by atoms with E-state index in [0.29, 0.717) is 5.69 Å². The minimum Gasteiger partial charge on any atom is -0.387 e. The smallest absolute Gasteiger partial charge is 0.250 e. The standard InChI is InChI=1S/C17H20N2O3S/c1-12(13-6-8-16(9-7-13)23(2)22)18-14-4-3-5-15(10-14)19-17(21)11-20/h3-10,12,18,20H,11H2,1-2H3,(H,19,21)/t12-,23-/m0/s1. The second-order valence-corrected chi connectivity index (χ2v) is 6.56. The van der Waals surface area contributed by atoms with Crippen molar-refractivity contribution in [2.24, 2.45) is 0 Å². The van der Waals surface area contributed by atoms with Gasteiger partial charge in [-0.15, -0.1) is 0 Å². The number of rotatable bonds is 6. The van der Waals surface area contributed by atoms with E-state index in [2.05, 4.69) is 10.6 Å². The Balaban J connectivity index is 2.07. The molecule has 0 saturated heterocycles. The van der Waals surface area contributed by atoms with E-state index in [1.807, 2.05) is 43.3 Å². The van der Waals surface area contributed by atoms with Crippen LogP contribution in [-0.2, 0) is 15.6 Å². The first-order valence-electron chi connectivity index (χ1n) is 7.20. The molecule has 6 heteroatoms. The molecule has 0 spiro atoms. The molecule has 0 saturated carbocycles. The normalized spacial score (nSPS) is 13.2. The van der Waals surface area contributed by atoms with Crippen LogP contribution in [-0.4, -0.2) is 28.1 Å². The molecule has 0 bridgehead atoms. The maximum absolute atomic E-state index is 11.4. The number of carbonyl (C=O) groups is 1. The SMILES string of the molecule is C[C@H](Nc1cccc(NC(=O)CO)c1)c1ccc([S@](C)=O)cc1. The van der Waals surface area contributed by atoms with Crippen molar-refractivity contribution in [3.63, 3.8) is 0 Å². The molecule has 2 rings (SSSR count). The van der Waals surface area contributed by atoms with Gasteiger partial charge in [-0.1, -0.05) is 18.2 Å². The van der Waals surface area contributed by atoms with Gasteiger partial charge in [0.05, 0.1) is 0 Å². The van der Waals surface area contributed by atoms with Gasteiger partial charge in [0.15, 0.2) is 0 Å². The van der Waals surface area contributed by atoms with E-state index in [0.717, 1.165) is 16.1 Å². The van der Waals surface area contributed by atoms with Crippen molar-refractivity contribution in [3.05, 3.63) is 54.1 Å². The molecule has 2 aromatic carbocycles. The molecule has 5 nitrogen and oxygen atoms in total. The van der Waals surface area contributed by atoms with Gasteiger partial charge in [0.2, 0.25) is 5.91 Å². The van der Waals surface area contributed by atoms with E-state index in [1.165, 1.54) is 0 Å². The maximum atomic E-state index is 11.4. The van der Waals surface area contributed by atoms with E-state index in [-0.39, 0.29) is 6.04 Å². The van der Waals surface area contributed by atoms with Gasteiger partial charge in [-0.05, 0) is 42.8 Å². The highest BCUT2D eigenvalue weighted by Crippen LogP contribution is 2.22. The van der Waals surface area contributed by atoms with Crippen LogP contribution in [0.2, 0.25) is 0 Å².